The number of hydrogen-bond donors (Lipinski definition) is 1. The summed E-state index contributed by atoms with van der Waals surface area (Å²) in [5.74, 6) is -0.320. The van der Waals surface area contributed by atoms with E-state index in [4.69, 9.17) is 4.74 Å². The van der Waals surface area contributed by atoms with Crippen molar-refractivity contribution in [1.29, 1.82) is 0 Å². The molecule has 1 atom stereocenters. The van der Waals surface area contributed by atoms with Crippen LogP contribution in [0.15, 0.2) is 53.4 Å². The molecule has 2 heterocycles. The number of nitrogens with one attached hydrogen (secondary N) is 1. The lowest BCUT2D eigenvalue weighted by atomic mass is 10.2. The average Bonchev–Trinajstić information content (AvgIpc) is 2.84. The Morgan fingerprint density at radius 2 is 1.67 bits per heavy atom. The number of nitrogens with zero attached hydrogens (tertiary/aromatic N) is 2. The zero-order valence-corrected chi connectivity index (χ0v) is 19.9. The third-order valence-corrected chi connectivity index (χ3v) is 9.46. The van der Waals surface area contributed by atoms with Gasteiger partial charge < -0.3 is 10.1 Å². The second-order valence-corrected chi connectivity index (χ2v) is 12.1. The van der Waals surface area contributed by atoms with E-state index in [-0.39, 0.29) is 17.2 Å². The van der Waals surface area contributed by atoms with E-state index >= 15 is 0 Å². The molecule has 11 heteroatoms. The van der Waals surface area contributed by atoms with Crippen LogP contribution in [0.2, 0.25) is 0 Å². The molecule has 0 bridgehead atoms. The van der Waals surface area contributed by atoms with Gasteiger partial charge in [-0.1, -0.05) is 18.6 Å². The Hall–Kier alpha value is -2.63. The summed E-state index contributed by atoms with van der Waals surface area (Å²) in [4.78, 5) is 13.1. The van der Waals surface area contributed by atoms with Gasteiger partial charge in [-0.2, -0.15) is 4.31 Å². The Labute approximate surface area is 194 Å². The molecule has 2 aliphatic heterocycles. The number of sulfonamides is 2. The van der Waals surface area contributed by atoms with E-state index in [1.165, 1.54) is 32.9 Å². The van der Waals surface area contributed by atoms with Crippen molar-refractivity contribution in [3.8, 4) is 5.75 Å². The largest absolute Gasteiger partial charge is 0.476 e. The molecule has 1 fully saturated rings. The Kier molecular flexibility index (Phi) is 6.64. The summed E-state index contributed by atoms with van der Waals surface area (Å²) in [6.45, 7) is 2.42. The highest BCUT2D eigenvalue weighted by atomic mass is 32.2. The molecule has 0 saturated carbocycles. The van der Waals surface area contributed by atoms with Gasteiger partial charge >= 0.3 is 0 Å². The second kappa shape index (κ2) is 9.32. The fourth-order valence-corrected chi connectivity index (χ4v) is 6.59. The summed E-state index contributed by atoms with van der Waals surface area (Å²) < 4.78 is 59.2. The van der Waals surface area contributed by atoms with E-state index in [0.717, 1.165) is 19.3 Å². The van der Waals surface area contributed by atoms with Gasteiger partial charge in [0.1, 0.15) is 5.75 Å². The van der Waals surface area contributed by atoms with Crippen LogP contribution in [0, 0.1) is 0 Å². The van der Waals surface area contributed by atoms with Gasteiger partial charge in [-0.3, -0.25) is 9.10 Å². The summed E-state index contributed by atoms with van der Waals surface area (Å²) in [6.07, 6.45) is 1.67. The predicted molar refractivity (Wildman–Crippen MR) is 125 cm³/mol. The van der Waals surface area contributed by atoms with Crippen LogP contribution in [0.1, 0.15) is 26.2 Å². The van der Waals surface area contributed by atoms with Crippen LogP contribution in [0.4, 0.5) is 11.4 Å². The van der Waals surface area contributed by atoms with Crippen molar-refractivity contribution in [3.63, 3.8) is 0 Å². The monoisotopic (exact) mass is 493 g/mol. The van der Waals surface area contributed by atoms with Crippen molar-refractivity contribution in [1.82, 2.24) is 4.31 Å². The molecule has 178 valence electrons. The van der Waals surface area contributed by atoms with Crippen molar-refractivity contribution < 1.29 is 26.4 Å². The topological polar surface area (TPSA) is 113 Å². The molecule has 0 aromatic heterocycles. The van der Waals surface area contributed by atoms with Gasteiger partial charge in [0.15, 0.2) is 6.10 Å². The quantitative estimate of drug-likeness (QED) is 0.661. The number of rotatable bonds is 6. The number of amides is 1. The maximum absolute atomic E-state index is 12.9. The third-order valence-electron chi connectivity index (χ3n) is 5.80. The number of fused-ring (bicyclic) bond motifs is 1. The van der Waals surface area contributed by atoms with Gasteiger partial charge in [0.05, 0.1) is 22.9 Å². The summed E-state index contributed by atoms with van der Waals surface area (Å²) >= 11 is 0. The van der Waals surface area contributed by atoms with Crippen molar-refractivity contribution in [3.05, 3.63) is 48.5 Å². The first-order valence-electron chi connectivity index (χ1n) is 10.9. The molecule has 33 heavy (non-hydrogen) atoms. The first kappa shape index (κ1) is 23.5. The molecule has 2 aromatic carbocycles. The minimum absolute atomic E-state index is 0.109. The highest BCUT2D eigenvalue weighted by molar-refractivity contribution is 7.92. The molecular formula is C22H27N3O6S2. The third kappa shape index (κ3) is 4.85. The van der Waals surface area contributed by atoms with Crippen LogP contribution in [-0.4, -0.2) is 58.5 Å². The number of piperidine rings is 1. The fraction of sp³-hybridized carbons (Fsp3) is 0.409. The maximum atomic E-state index is 12.9. The number of benzene rings is 2. The van der Waals surface area contributed by atoms with E-state index in [0.29, 0.717) is 30.2 Å². The lowest BCUT2D eigenvalue weighted by molar-refractivity contribution is -0.122. The predicted octanol–water partition coefficient (Wildman–Crippen LogP) is 2.42. The van der Waals surface area contributed by atoms with Crippen LogP contribution in [0.3, 0.4) is 0 Å². The van der Waals surface area contributed by atoms with E-state index < -0.39 is 32.1 Å². The van der Waals surface area contributed by atoms with E-state index in [1.807, 2.05) is 0 Å². The highest BCUT2D eigenvalue weighted by Crippen LogP contribution is 2.35. The zero-order valence-electron chi connectivity index (χ0n) is 18.3. The van der Waals surface area contributed by atoms with Gasteiger partial charge in [0.25, 0.3) is 5.91 Å². The SMILES string of the molecule is CCS(=O)(=O)N1C[C@@H](C(=O)Nc2ccc(S(=O)(=O)N3CCCCC3)cc2)Oc2ccccc21. The average molecular weight is 494 g/mol. The standard InChI is InChI=1S/C22H27N3O6S2/c1-2-32(27,28)25-16-21(31-20-9-5-4-8-19(20)25)22(26)23-17-10-12-18(13-11-17)33(29,30)24-14-6-3-7-15-24/h4-5,8-13,21H,2-3,6-7,14-16H2,1H3,(H,23,26)/t21-/m0/s1. The van der Waals surface area contributed by atoms with E-state index in [9.17, 15) is 21.6 Å². The Bertz CT molecular complexity index is 1220. The molecule has 1 saturated heterocycles. The van der Waals surface area contributed by atoms with Gasteiger partial charge in [0.2, 0.25) is 20.0 Å². The van der Waals surface area contributed by atoms with Gasteiger partial charge in [-0.25, -0.2) is 16.8 Å². The van der Waals surface area contributed by atoms with Crippen LogP contribution in [0.5, 0.6) is 5.75 Å². The van der Waals surface area contributed by atoms with Crippen molar-refractivity contribution in [2.45, 2.75) is 37.2 Å². The number of carbonyl (C=O) groups is 1. The molecule has 0 unspecified atom stereocenters. The molecule has 0 spiro atoms. The number of hydrogen-bond acceptors (Lipinski definition) is 6. The summed E-state index contributed by atoms with van der Waals surface area (Å²) in [7, 11) is -7.17. The summed E-state index contributed by atoms with van der Waals surface area (Å²) in [5, 5.41) is 2.70. The number of para-hydroxylation sites is 2. The Morgan fingerprint density at radius 1 is 1.00 bits per heavy atom. The Morgan fingerprint density at radius 3 is 2.33 bits per heavy atom. The van der Waals surface area contributed by atoms with Crippen LogP contribution in [-0.2, 0) is 24.8 Å². The minimum Gasteiger partial charge on any atom is -0.476 e. The van der Waals surface area contributed by atoms with Crippen molar-refractivity contribution in [2.24, 2.45) is 0 Å². The Balaban J connectivity index is 1.49. The van der Waals surface area contributed by atoms with Crippen molar-refractivity contribution >= 4 is 37.3 Å². The van der Waals surface area contributed by atoms with E-state index in [2.05, 4.69) is 5.32 Å². The second-order valence-electron chi connectivity index (χ2n) is 7.98. The van der Waals surface area contributed by atoms with Gasteiger partial charge in [-0.05, 0) is 56.2 Å². The molecule has 1 amide bonds. The minimum atomic E-state index is -3.60. The van der Waals surface area contributed by atoms with Crippen LogP contribution >= 0.6 is 0 Å². The lowest BCUT2D eigenvalue weighted by Crippen LogP contribution is -2.49. The maximum Gasteiger partial charge on any atom is 0.267 e. The molecule has 1 N–H and O–H groups in total. The first-order valence-corrected chi connectivity index (χ1v) is 13.9. The molecular weight excluding hydrogens is 466 g/mol. The van der Waals surface area contributed by atoms with Crippen LogP contribution in [0.25, 0.3) is 0 Å². The number of ether oxygens (including phenoxy) is 1. The molecule has 0 aliphatic carbocycles. The van der Waals surface area contributed by atoms with Gasteiger partial charge in [0, 0.05) is 18.8 Å². The smallest absolute Gasteiger partial charge is 0.267 e. The van der Waals surface area contributed by atoms with E-state index in [1.54, 1.807) is 31.2 Å². The zero-order chi connectivity index (χ0) is 23.6. The fourth-order valence-electron chi connectivity index (χ4n) is 3.95. The lowest BCUT2D eigenvalue weighted by Gasteiger charge is -2.34. The molecule has 4 rings (SSSR count). The molecule has 2 aliphatic rings. The highest BCUT2D eigenvalue weighted by Gasteiger charge is 2.36. The molecule has 2 aromatic rings. The van der Waals surface area contributed by atoms with Gasteiger partial charge in [-0.15, -0.1) is 0 Å². The normalized spacial score (nSPS) is 19.4. The molecule has 9 nitrogen and oxygen atoms in total. The van der Waals surface area contributed by atoms with Crippen molar-refractivity contribution in [2.75, 3.05) is 35.0 Å². The summed E-state index contributed by atoms with van der Waals surface area (Å²) in [6, 6.07) is 12.6. The van der Waals surface area contributed by atoms with Crippen LogP contribution < -0.4 is 14.4 Å². The number of carbonyl (C=O) groups excluding carboxylic acids is 1. The summed E-state index contributed by atoms with van der Waals surface area (Å²) in [5.41, 5.74) is 0.792. The number of anilines is 2. The first-order chi connectivity index (χ1) is 15.7. The molecule has 0 radical (unpaired) electrons.